The lowest BCUT2D eigenvalue weighted by Gasteiger charge is -2.62. The van der Waals surface area contributed by atoms with Gasteiger partial charge >= 0.3 is 0 Å². The minimum Gasteiger partial charge on any atom is -0.351 e. The van der Waals surface area contributed by atoms with Crippen LogP contribution in [0.4, 0.5) is 4.39 Å². The Morgan fingerprint density at radius 2 is 1.97 bits per heavy atom. The highest BCUT2D eigenvalue weighted by Crippen LogP contribution is 2.66. The van der Waals surface area contributed by atoms with Gasteiger partial charge in [0.2, 0.25) is 5.91 Å². The van der Waals surface area contributed by atoms with Gasteiger partial charge in [0, 0.05) is 23.9 Å². The molecule has 31 heavy (non-hydrogen) atoms. The molecule has 4 nitrogen and oxygen atoms in total. The maximum atomic E-state index is 14.7. The quantitative estimate of drug-likeness (QED) is 0.726. The number of fused-ring (bicyclic) bond motifs is 5. The Balaban J connectivity index is 1.34. The van der Waals surface area contributed by atoms with Crippen molar-refractivity contribution in [2.75, 3.05) is 7.05 Å². The molecule has 1 N–H and O–H groups in total. The van der Waals surface area contributed by atoms with E-state index in [0.717, 1.165) is 38.5 Å². The second-order valence-electron chi connectivity index (χ2n) is 11.1. The van der Waals surface area contributed by atoms with Gasteiger partial charge in [-0.2, -0.15) is 0 Å². The maximum Gasteiger partial charge on any atom is 0.257 e. The summed E-state index contributed by atoms with van der Waals surface area (Å²) in [5, 5.41) is 5.25. The molecule has 2 heterocycles. The van der Waals surface area contributed by atoms with E-state index >= 15 is 0 Å². The fourth-order valence-electron chi connectivity index (χ4n) is 8.35. The number of carbonyl (C=O) groups excluding carboxylic acids is 2. The zero-order valence-corrected chi connectivity index (χ0v) is 19.7. The van der Waals surface area contributed by atoms with E-state index in [1.165, 1.54) is 4.88 Å². The highest BCUT2D eigenvalue weighted by molar-refractivity contribution is 7.09. The molecule has 4 aliphatic rings. The summed E-state index contributed by atoms with van der Waals surface area (Å²) in [6, 6.07) is 4.25. The lowest BCUT2D eigenvalue weighted by molar-refractivity contribution is -0.169. The molecule has 170 valence electrons. The highest BCUT2D eigenvalue weighted by atomic mass is 32.1. The molecular weight excluding hydrogens is 411 g/mol. The van der Waals surface area contributed by atoms with E-state index in [-0.39, 0.29) is 34.6 Å². The number of piperidine rings is 1. The summed E-state index contributed by atoms with van der Waals surface area (Å²) in [5.74, 6) is 1.49. The van der Waals surface area contributed by atoms with E-state index in [0.29, 0.717) is 30.7 Å². The number of carbonyl (C=O) groups is 2. The molecule has 1 aliphatic heterocycles. The number of thiophene rings is 1. The van der Waals surface area contributed by atoms with Crippen LogP contribution in [-0.2, 0) is 16.1 Å². The topological polar surface area (TPSA) is 49.4 Å². The second kappa shape index (κ2) is 7.57. The van der Waals surface area contributed by atoms with Crippen LogP contribution in [0.25, 0.3) is 0 Å². The van der Waals surface area contributed by atoms with E-state index in [9.17, 15) is 14.0 Å². The van der Waals surface area contributed by atoms with Crippen LogP contribution in [0.2, 0.25) is 0 Å². The number of rotatable bonds is 3. The van der Waals surface area contributed by atoms with Crippen LogP contribution < -0.4 is 5.32 Å². The van der Waals surface area contributed by atoms with Crippen LogP contribution in [0.3, 0.4) is 0 Å². The van der Waals surface area contributed by atoms with Gasteiger partial charge in [-0.25, -0.2) is 4.39 Å². The number of nitrogens with one attached hydrogen (secondary N) is 1. The third kappa shape index (κ3) is 3.19. The predicted molar refractivity (Wildman–Crippen MR) is 120 cm³/mol. The summed E-state index contributed by atoms with van der Waals surface area (Å²) in [4.78, 5) is 28.4. The molecule has 8 atom stereocenters. The summed E-state index contributed by atoms with van der Waals surface area (Å²) < 4.78 is 14.7. The molecule has 1 aromatic rings. The fourth-order valence-corrected chi connectivity index (χ4v) is 8.99. The van der Waals surface area contributed by atoms with E-state index in [2.05, 4.69) is 25.2 Å². The second-order valence-corrected chi connectivity index (χ2v) is 12.1. The summed E-state index contributed by atoms with van der Waals surface area (Å²) >= 11 is 1.68. The van der Waals surface area contributed by atoms with Crippen LogP contribution in [0, 0.1) is 34.5 Å². The number of likely N-dealkylation sites (tertiary alicyclic amines) is 1. The minimum atomic E-state index is -1.36. The normalized spacial score (nSPS) is 44.4. The Morgan fingerprint density at radius 1 is 1.19 bits per heavy atom. The molecule has 0 bridgehead atoms. The van der Waals surface area contributed by atoms with Crippen molar-refractivity contribution in [3.05, 3.63) is 22.4 Å². The summed E-state index contributed by atoms with van der Waals surface area (Å²) in [6.07, 6.45) is 5.22. The molecule has 1 saturated heterocycles. The molecule has 5 rings (SSSR count). The van der Waals surface area contributed by atoms with Crippen molar-refractivity contribution in [2.45, 2.75) is 77.6 Å². The van der Waals surface area contributed by atoms with Gasteiger partial charge in [0.15, 0.2) is 6.17 Å². The standard InChI is InChI=1S/C25H35FN2O2S/c1-24-11-10-18-16(6-9-21-25(18,2)13-20(26)23(30)28(21)3)17(24)7-8-19(24)22(29)27-14-15-5-4-12-31-15/h4-5,12,16-21H,6-11,13-14H2,1-3H3,(H,27,29)/t16-,17-,18+,19?,20?,21?,24-,25+/m0/s1. The minimum absolute atomic E-state index is 0.0371. The lowest BCUT2D eigenvalue weighted by atomic mass is 9.46. The van der Waals surface area contributed by atoms with Gasteiger partial charge in [0.1, 0.15) is 0 Å². The van der Waals surface area contributed by atoms with Crippen LogP contribution in [0.15, 0.2) is 17.5 Å². The van der Waals surface area contributed by atoms with Gasteiger partial charge in [-0.3, -0.25) is 9.59 Å². The largest absolute Gasteiger partial charge is 0.351 e. The Labute approximate surface area is 189 Å². The lowest BCUT2D eigenvalue weighted by Crippen LogP contribution is -2.64. The average molecular weight is 447 g/mol. The van der Waals surface area contributed by atoms with Gasteiger partial charge < -0.3 is 10.2 Å². The Morgan fingerprint density at radius 3 is 2.71 bits per heavy atom. The van der Waals surface area contributed by atoms with Crippen LogP contribution in [-0.4, -0.2) is 36.0 Å². The Hall–Kier alpha value is -1.43. The van der Waals surface area contributed by atoms with E-state index < -0.39 is 6.17 Å². The van der Waals surface area contributed by atoms with Gasteiger partial charge in [-0.15, -0.1) is 11.3 Å². The number of amides is 2. The van der Waals surface area contributed by atoms with E-state index in [1.54, 1.807) is 23.3 Å². The Kier molecular flexibility index (Phi) is 5.23. The first-order chi connectivity index (χ1) is 14.8. The molecule has 2 amide bonds. The number of hydrogen-bond donors (Lipinski definition) is 1. The smallest absolute Gasteiger partial charge is 0.257 e. The van der Waals surface area contributed by atoms with Crippen molar-refractivity contribution >= 4 is 23.2 Å². The summed E-state index contributed by atoms with van der Waals surface area (Å²) in [6.45, 7) is 5.21. The number of nitrogens with zero attached hydrogens (tertiary/aromatic N) is 1. The third-order valence-electron chi connectivity index (χ3n) is 9.85. The van der Waals surface area contributed by atoms with Crippen molar-refractivity contribution in [1.29, 1.82) is 0 Å². The molecule has 4 fully saturated rings. The molecule has 6 heteroatoms. The molecule has 0 spiro atoms. The first kappa shape index (κ1) is 21.4. The zero-order valence-electron chi connectivity index (χ0n) is 18.9. The van der Waals surface area contributed by atoms with Crippen molar-refractivity contribution in [2.24, 2.45) is 34.5 Å². The molecule has 3 aliphatic carbocycles. The van der Waals surface area contributed by atoms with Crippen LogP contribution >= 0.6 is 11.3 Å². The fraction of sp³-hybridized carbons (Fsp3) is 0.760. The van der Waals surface area contributed by atoms with E-state index in [4.69, 9.17) is 0 Å². The summed E-state index contributed by atoms with van der Waals surface area (Å²) in [5.41, 5.74) is -0.110. The van der Waals surface area contributed by atoms with Gasteiger partial charge in [0.25, 0.3) is 5.91 Å². The van der Waals surface area contributed by atoms with Gasteiger partial charge in [-0.05, 0) is 85.0 Å². The number of hydrogen-bond acceptors (Lipinski definition) is 3. The highest BCUT2D eigenvalue weighted by Gasteiger charge is 2.63. The van der Waals surface area contributed by atoms with Crippen molar-refractivity contribution in [3.63, 3.8) is 0 Å². The molecule has 3 saturated carbocycles. The first-order valence-electron chi connectivity index (χ1n) is 12.0. The van der Waals surface area contributed by atoms with Crippen LogP contribution in [0.5, 0.6) is 0 Å². The number of alkyl halides is 1. The number of halogens is 1. The molecule has 1 aromatic heterocycles. The zero-order chi connectivity index (χ0) is 22.0. The molecule has 0 aromatic carbocycles. The van der Waals surface area contributed by atoms with Gasteiger partial charge in [-0.1, -0.05) is 19.9 Å². The maximum absolute atomic E-state index is 14.7. The molecule has 0 radical (unpaired) electrons. The SMILES string of the molecule is CN1C(=O)C(F)C[C@@]2(C)C1CC[C@@H]1[C@H]2CC[C@]2(C)C(C(=O)NCc3cccs3)CC[C@@H]12. The third-order valence-corrected chi connectivity index (χ3v) is 10.7. The molecular formula is C25H35FN2O2S. The van der Waals surface area contributed by atoms with Crippen molar-refractivity contribution in [3.8, 4) is 0 Å². The van der Waals surface area contributed by atoms with E-state index in [1.807, 2.05) is 11.4 Å². The van der Waals surface area contributed by atoms with Gasteiger partial charge in [0.05, 0.1) is 6.54 Å². The predicted octanol–water partition coefficient (Wildman–Crippen LogP) is 4.79. The summed E-state index contributed by atoms with van der Waals surface area (Å²) in [7, 11) is 1.80. The van der Waals surface area contributed by atoms with Crippen molar-refractivity contribution in [1.82, 2.24) is 10.2 Å². The monoisotopic (exact) mass is 446 g/mol. The van der Waals surface area contributed by atoms with Crippen LogP contribution in [0.1, 0.15) is 63.7 Å². The first-order valence-corrected chi connectivity index (χ1v) is 12.8. The Bertz CT molecular complexity index is 860. The van der Waals surface area contributed by atoms with Crippen molar-refractivity contribution < 1.29 is 14.0 Å². The molecule has 3 unspecified atom stereocenters. The average Bonchev–Trinajstić information content (AvgIpc) is 3.37.